The molecule has 0 aliphatic carbocycles. The molecule has 440 valence electrons. The molecule has 0 spiro atoms. The Labute approximate surface area is 477 Å². The Morgan fingerprint density at radius 1 is 0.592 bits per heavy atom. The summed E-state index contributed by atoms with van der Waals surface area (Å²) in [5.74, 6) is -4.98. The number of esters is 3. The molecule has 76 heavy (non-hydrogen) atoms. The van der Waals surface area contributed by atoms with Crippen LogP contribution in [0.15, 0.2) is 0 Å². The monoisotopic (exact) mass is 1210 g/mol. The van der Waals surface area contributed by atoms with E-state index in [0.29, 0.717) is 38.8 Å². The fraction of sp³-hybridized carbons (Fsp3) is 0.812. The van der Waals surface area contributed by atoms with Crippen LogP contribution in [0.4, 0.5) is 9.59 Å². The molecule has 2 saturated heterocycles. The summed E-state index contributed by atoms with van der Waals surface area (Å²) in [4.78, 5) is 112. The number of hydrazine groups is 2. The number of carboxylic acids is 1. The molecule has 0 aromatic carbocycles. The third kappa shape index (κ3) is 29.5. The average molecular weight is 1210 g/mol. The summed E-state index contributed by atoms with van der Waals surface area (Å²) in [6.07, 6.45) is 0.746. The largest absolute Gasteiger partial charge is 0.480 e. The lowest BCUT2D eigenvalue weighted by Crippen LogP contribution is -2.61. The Balaban J connectivity index is 0.00000118. The van der Waals surface area contributed by atoms with Crippen molar-refractivity contribution in [1.29, 1.82) is 0 Å². The summed E-state index contributed by atoms with van der Waals surface area (Å²) in [7, 11) is 2.91. The van der Waals surface area contributed by atoms with E-state index in [2.05, 4.69) is 16.2 Å². The fourth-order valence-corrected chi connectivity index (χ4v) is 7.36. The van der Waals surface area contributed by atoms with Crippen LogP contribution in [0.3, 0.4) is 0 Å². The zero-order chi connectivity index (χ0) is 59.6. The summed E-state index contributed by atoms with van der Waals surface area (Å²) in [5, 5.41) is 14.3. The van der Waals surface area contributed by atoms with Crippen molar-refractivity contribution in [3.8, 4) is 0 Å². The summed E-state index contributed by atoms with van der Waals surface area (Å²) in [6, 6.07) is -4.16. The smallest absolute Gasteiger partial charge is 0.410 e. The van der Waals surface area contributed by atoms with E-state index in [1.807, 2.05) is 0 Å². The normalized spacial score (nSPS) is 17.9. The number of carbonyl (C=O) groups excluding carboxylic acids is 8. The first-order chi connectivity index (χ1) is 34.3. The number of amides is 5. The quantitative estimate of drug-likeness (QED) is 0.0701. The molecule has 4 N–H and O–H groups in total. The first kappa shape index (κ1) is 72.5. The van der Waals surface area contributed by atoms with Crippen LogP contribution in [-0.2, 0) is 57.2 Å². The highest BCUT2D eigenvalue weighted by Gasteiger charge is 2.38. The first-order valence-electron chi connectivity index (χ1n) is 24.6. The number of aliphatic carboxylic acids is 1. The van der Waals surface area contributed by atoms with E-state index in [1.54, 1.807) is 96.9 Å². The lowest BCUT2D eigenvalue weighted by atomic mass is 10.0. The van der Waals surface area contributed by atoms with Crippen molar-refractivity contribution in [2.75, 3.05) is 40.4 Å². The number of hydrogen-bond acceptors (Lipinski definition) is 16. The SMILES string of the molecule is CC(C)[C@@H](C(=O)N[C@@H](C)C(=O)N1CCC[C@@H](C(=O)OCC(Cl)(Cl)Cl)N1)N(C)C(=O)OC(C)(C)C.CC(C)[C@@H](C(=O)O)N(C)C(=O)OC(C)(C)C.C[C@H](CC(=O)OC(C)(C)C)C(=O)N1CCC[C@@H](C(=O)OCC(Cl)(Cl)Cl)N1. The topological polar surface area (TPSA) is 269 Å². The molecule has 2 rings (SSSR count). The van der Waals surface area contributed by atoms with E-state index >= 15 is 0 Å². The van der Waals surface area contributed by atoms with Crippen molar-refractivity contribution >= 4 is 123 Å². The molecule has 0 radical (unpaired) electrons. The minimum Gasteiger partial charge on any atom is -0.480 e. The second kappa shape index (κ2) is 31.3. The van der Waals surface area contributed by atoms with Gasteiger partial charge in [-0.05, 0) is 107 Å². The fourth-order valence-electron chi connectivity index (χ4n) is 7.04. The Morgan fingerprint density at radius 2 is 0.947 bits per heavy atom. The number of alkyl halides is 6. The standard InChI is InChI=1S/C21H35Cl3N4O6.C16H25Cl3N2O5.C11H21NO4/c1-12(2)15(27(7)19(32)34-20(4,5)6)16(29)25-13(3)17(30)28-10-8-9-14(26-28)18(31)33-11-21(22,23)24;1-10(8-12(22)26-15(2,3)4)13(23)21-7-5-6-11(20-21)14(24)25-9-16(17,18)19;1-7(2)8(9(13)14)12(6)10(15)16-11(3,4)5/h12-15,26H,8-11H2,1-7H3,(H,25,29);10-11,20H,5-9H2,1-4H3;7-8H,1-6H3,(H,13,14)/t13-,14-,15-;10-,11+;8-/m010/s1. The number of carbonyl (C=O) groups is 9. The van der Waals surface area contributed by atoms with Crippen LogP contribution >= 0.6 is 69.6 Å². The van der Waals surface area contributed by atoms with Gasteiger partial charge in [0.1, 0.15) is 60.2 Å². The molecule has 2 heterocycles. The van der Waals surface area contributed by atoms with Gasteiger partial charge >= 0.3 is 36.1 Å². The lowest BCUT2D eigenvalue weighted by Gasteiger charge is -2.35. The average Bonchev–Trinajstić information content (AvgIpc) is 3.24. The first-order valence-corrected chi connectivity index (χ1v) is 26.8. The van der Waals surface area contributed by atoms with Gasteiger partial charge in [0.2, 0.25) is 19.4 Å². The molecular formula is C48H81Cl6N7O15. The predicted octanol–water partition coefficient (Wildman–Crippen LogP) is 7.52. The van der Waals surface area contributed by atoms with Crippen molar-refractivity contribution < 1.29 is 71.9 Å². The van der Waals surface area contributed by atoms with Gasteiger partial charge in [-0.25, -0.2) is 25.2 Å². The van der Waals surface area contributed by atoms with E-state index in [9.17, 15) is 43.2 Å². The van der Waals surface area contributed by atoms with Gasteiger partial charge in [0, 0.05) is 33.1 Å². The van der Waals surface area contributed by atoms with Crippen LogP contribution < -0.4 is 16.2 Å². The molecule has 2 aliphatic rings. The number of halogens is 6. The molecule has 22 nitrogen and oxygen atoms in total. The van der Waals surface area contributed by atoms with Crippen molar-refractivity contribution in [3.63, 3.8) is 0 Å². The Morgan fingerprint density at radius 3 is 1.28 bits per heavy atom. The van der Waals surface area contributed by atoms with Crippen LogP contribution in [0.25, 0.3) is 0 Å². The third-order valence-electron chi connectivity index (χ3n) is 10.3. The molecule has 0 unspecified atom stereocenters. The van der Waals surface area contributed by atoms with E-state index in [1.165, 1.54) is 35.9 Å². The van der Waals surface area contributed by atoms with Crippen LogP contribution in [0, 0.1) is 17.8 Å². The molecule has 0 bridgehead atoms. The zero-order valence-electron chi connectivity index (χ0n) is 46.7. The molecule has 0 aromatic heterocycles. The van der Waals surface area contributed by atoms with Gasteiger partial charge in [0.15, 0.2) is 0 Å². The third-order valence-corrected chi connectivity index (χ3v) is 10.9. The van der Waals surface area contributed by atoms with Gasteiger partial charge < -0.3 is 34.1 Å². The number of nitrogens with zero attached hydrogens (tertiary/aromatic N) is 4. The predicted molar refractivity (Wildman–Crippen MR) is 288 cm³/mol. The molecular weight excluding hydrogens is 1130 g/mol. The summed E-state index contributed by atoms with van der Waals surface area (Å²) < 4.78 is 22.2. The zero-order valence-corrected chi connectivity index (χ0v) is 51.2. The molecule has 2 fully saturated rings. The summed E-state index contributed by atoms with van der Waals surface area (Å²) in [5.41, 5.74) is 3.68. The van der Waals surface area contributed by atoms with Crippen molar-refractivity contribution in [2.45, 2.75) is 191 Å². The highest BCUT2D eigenvalue weighted by atomic mass is 35.6. The highest BCUT2D eigenvalue weighted by molar-refractivity contribution is 6.68. The van der Waals surface area contributed by atoms with Gasteiger partial charge in [-0.15, -0.1) is 0 Å². The van der Waals surface area contributed by atoms with E-state index in [4.69, 9.17) is 98.4 Å². The highest BCUT2D eigenvalue weighted by Crippen LogP contribution is 2.28. The molecule has 0 aromatic rings. The van der Waals surface area contributed by atoms with Gasteiger partial charge in [-0.2, -0.15) is 0 Å². The lowest BCUT2D eigenvalue weighted by molar-refractivity contribution is -0.160. The number of hydrogen-bond donors (Lipinski definition) is 4. The van der Waals surface area contributed by atoms with Gasteiger partial charge in [0.25, 0.3) is 5.91 Å². The van der Waals surface area contributed by atoms with Gasteiger partial charge in [-0.1, -0.05) is 104 Å². The number of nitrogens with one attached hydrogen (secondary N) is 3. The van der Waals surface area contributed by atoms with E-state index < -0.39 is 115 Å². The van der Waals surface area contributed by atoms with Crippen LogP contribution in [0.1, 0.15) is 136 Å². The number of likely N-dealkylation sites (N-methyl/N-ethyl adjacent to an activating group) is 2. The van der Waals surface area contributed by atoms with Gasteiger partial charge in [0.05, 0.1) is 6.42 Å². The molecule has 0 saturated carbocycles. The van der Waals surface area contributed by atoms with E-state index in [0.717, 1.165) is 4.90 Å². The number of ether oxygens (including phenoxy) is 5. The summed E-state index contributed by atoms with van der Waals surface area (Å²) in [6.45, 7) is 25.9. The number of carboxylic acid groups (broad SMARTS) is 1. The minimum atomic E-state index is -1.74. The maximum Gasteiger partial charge on any atom is 0.410 e. The number of rotatable bonds is 15. The van der Waals surface area contributed by atoms with Crippen molar-refractivity contribution in [3.05, 3.63) is 0 Å². The van der Waals surface area contributed by atoms with Crippen LogP contribution in [0.2, 0.25) is 0 Å². The Bertz CT molecular complexity index is 1970. The maximum absolute atomic E-state index is 13.0. The molecule has 2 aliphatic heterocycles. The molecule has 28 heteroatoms. The second-order valence-electron chi connectivity index (χ2n) is 21.9. The minimum absolute atomic E-state index is 0.0450. The Kier molecular flexibility index (Phi) is 29.9. The van der Waals surface area contributed by atoms with Crippen LogP contribution in [-0.4, -0.2) is 174 Å². The molecule has 5 amide bonds. The molecule has 6 atom stereocenters. The van der Waals surface area contributed by atoms with E-state index in [-0.39, 0.29) is 30.8 Å². The van der Waals surface area contributed by atoms with Crippen molar-refractivity contribution in [1.82, 2.24) is 36.0 Å². The van der Waals surface area contributed by atoms with Gasteiger partial charge in [-0.3, -0.25) is 48.6 Å². The summed E-state index contributed by atoms with van der Waals surface area (Å²) >= 11 is 33.5. The van der Waals surface area contributed by atoms with Crippen LogP contribution in [0.5, 0.6) is 0 Å². The Hall–Kier alpha value is -3.51. The van der Waals surface area contributed by atoms with Crippen molar-refractivity contribution in [2.24, 2.45) is 17.8 Å². The second-order valence-corrected chi connectivity index (χ2v) is 26.9. The maximum atomic E-state index is 13.0.